The van der Waals surface area contributed by atoms with E-state index in [4.69, 9.17) is 9.72 Å². The molecular weight excluding hydrogens is 999 g/mol. The number of nitrogens with zero attached hydrogens (tertiary/aromatic N) is 4. The van der Waals surface area contributed by atoms with Crippen LogP contribution in [0.25, 0.3) is 83.3 Å². The molecule has 2 aromatic heterocycles. The van der Waals surface area contributed by atoms with Crippen LogP contribution in [-0.2, 0) is 10.8 Å². The van der Waals surface area contributed by atoms with Crippen LogP contribution in [0.1, 0.15) is 52.7 Å². The maximum Gasteiger partial charge on any atom is 0.503 e. The molecule has 0 spiro atoms. The standard InChI is InChI=1S/C74H58F2N4O/c1-73(2,3)53-38-39-77-70(44-53)80-66-25-14-13-22-62(66)63-37-36-58(46-69(63)80)81-59-41-52(71-60(48-18-9-7-10-19-48)23-17-24-61(71)49-20-11-8-12-21-49)40-57(45-59)78-47-79(68-27-16-15-26-67(68)78)72-64(50-28-32-55(75)33-29-50)42-54(74(4,5)6)43-65(72)51-30-34-56(76)35-31-51/h7-46H,1-6H3/q+2. The maximum atomic E-state index is 14.8. The van der Waals surface area contributed by atoms with E-state index in [1.165, 1.54) is 29.8 Å². The van der Waals surface area contributed by atoms with Crippen LogP contribution >= 0.6 is 0 Å². The van der Waals surface area contributed by atoms with Crippen LogP contribution in [0.3, 0.4) is 0 Å². The Morgan fingerprint density at radius 3 is 1.57 bits per heavy atom. The van der Waals surface area contributed by atoms with E-state index in [1.807, 2.05) is 54.7 Å². The molecular formula is C74H58F2N4O+2. The molecule has 81 heavy (non-hydrogen) atoms. The molecule has 0 unspecified atom stereocenters. The van der Waals surface area contributed by atoms with Crippen molar-refractivity contribution in [1.29, 1.82) is 0 Å². The third kappa shape index (κ3) is 9.52. The average Bonchev–Trinajstić information content (AvgIpc) is 4.07. The van der Waals surface area contributed by atoms with Gasteiger partial charge in [-0.2, -0.15) is 0 Å². The van der Waals surface area contributed by atoms with E-state index in [2.05, 4.69) is 225 Å². The molecule has 0 saturated heterocycles. The first-order chi connectivity index (χ1) is 39.2. The molecule has 0 atom stereocenters. The molecule has 0 bridgehead atoms. The molecule has 0 radical (unpaired) electrons. The summed E-state index contributed by atoms with van der Waals surface area (Å²) in [7, 11) is 0. The largest absolute Gasteiger partial charge is 0.503 e. The van der Waals surface area contributed by atoms with Gasteiger partial charge in [0.15, 0.2) is 0 Å². The van der Waals surface area contributed by atoms with Gasteiger partial charge in [-0.1, -0.05) is 175 Å². The Labute approximate surface area is 471 Å². The molecule has 0 aliphatic carbocycles. The van der Waals surface area contributed by atoms with Crippen molar-refractivity contribution < 1.29 is 13.5 Å². The molecule has 5 nitrogen and oxygen atoms in total. The smallest absolute Gasteiger partial charge is 0.457 e. The lowest BCUT2D eigenvalue weighted by atomic mass is 9.82. The number of para-hydroxylation sites is 3. The van der Waals surface area contributed by atoms with E-state index in [9.17, 15) is 8.78 Å². The second kappa shape index (κ2) is 20.1. The highest BCUT2D eigenvalue weighted by Gasteiger charge is 2.40. The van der Waals surface area contributed by atoms with Crippen LogP contribution < -0.4 is 13.9 Å². The highest BCUT2D eigenvalue weighted by molar-refractivity contribution is 6.09. The van der Waals surface area contributed by atoms with Crippen LogP contribution in [0.5, 0.6) is 11.5 Å². The number of ether oxygens (including phenoxy) is 1. The van der Waals surface area contributed by atoms with Gasteiger partial charge in [0.25, 0.3) is 11.4 Å². The first kappa shape index (κ1) is 50.7. The third-order valence-electron chi connectivity index (χ3n) is 15.5. The van der Waals surface area contributed by atoms with Gasteiger partial charge < -0.3 is 4.74 Å². The summed E-state index contributed by atoms with van der Waals surface area (Å²) in [5.74, 6) is 1.46. The number of hydrogen-bond donors (Lipinski definition) is 0. The minimum absolute atomic E-state index is 0.0820. The number of benzene rings is 10. The van der Waals surface area contributed by atoms with E-state index in [0.717, 1.165) is 112 Å². The van der Waals surface area contributed by atoms with Gasteiger partial charge in [0.05, 0.1) is 28.2 Å². The molecule has 0 N–H and O–H groups in total. The van der Waals surface area contributed by atoms with E-state index in [-0.39, 0.29) is 22.5 Å². The van der Waals surface area contributed by atoms with E-state index < -0.39 is 0 Å². The molecule has 3 heterocycles. The van der Waals surface area contributed by atoms with Gasteiger partial charge in [-0.15, -0.1) is 0 Å². The normalized spacial score (nSPS) is 12.4. The van der Waals surface area contributed by atoms with Gasteiger partial charge in [-0.05, 0) is 148 Å². The topological polar surface area (TPSA) is 33.1 Å². The fourth-order valence-corrected chi connectivity index (χ4v) is 11.3. The van der Waals surface area contributed by atoms with Gasteiger partial charge in [-0.25, -0.2) is 13.8 Å². The van der Waals surface area contributed by atoms with Crippen LogP contribution in [0, 0.1) is 11.6 Å². The van der Waals surface area contributed by atoms with E-state index >= 15 is 0 Å². The maximum absolute atomic E-state index is 14.8. The SMILES string of the molecule is CC(C)(C)c1ccnc(-n2c3ccccc3c3ccc(Oc4cc(-c5c(-c6ccccc6)cccc5-c5ccccc5)cc([N+]5=C=[N+](c6c(-c7ccc(F)cc7)cc(C(C)(C)C)cc6-c6ccc(F)cc6)c6ccccc65)c4)cc32)c1. The molecule has 392 valence electrons. The summed E-state index contributed by atoms with van der Waals surface area (Å²) < 4.78 is 43.4. The zero-order valence-corrected chi connectivity index (χ0v) is 46.0. The summed E-state index contributed by atoms with van der Waals surface area (Å²) in [5, 5.41) is 2.21. The quantitative estimate of drug-likeness (QED) is 0.128. The molecule has 1 aliphatic heterocycles. The Hall–Kier alpha value is -9.81. The highest BCUT2D eigenvalue weighted by atomic mass is 19.1. The monoisotopic (exact) mass is 1060 g/mol. The molecule has 0 saturated carbocycles. The number of hydrogen-bond acceptors (Lipinski definition) is 2. The van der Waals surface area contributed by atoms with Crippen molar-refractivity contribution in [1.82, 2.24) is 18.7 Å². The Kier molecular flexibility index (Phi) is 12.6. The average molecular weight is 1060 g/mol. The van der Waals surface area contributed by atoms with Crippen molar-refractivity contribution in [2.45, 2.75) is 52.4 Å². The predicted octanol–water partition coefficient (Wildman–Crippen LogP) is 20.0. The van der Waals surface area contributed by atoms with Crippen molar-refractivity contribution >= 4 is 50.6 Å². The lowest BCUT2D eigenvalue weighted by Crippen LogP contribution is -2.13. The first-order valence-electron chi connectivity index (χ1n) is 27.5. The zero-order chi connectivity index (χ0) is 55.6. The van der Waals surface area contributed by atoms with Crippen LogP contribution in [-0.4, -0.2) is 15.6 Å². The molecule has 12 aromatic rings. The summed E-state index contributed by atoms with van der Waals surface area (Å²) in [6.45, 7) is 13.2. The van der Waals surface area contributed by atoms with Gasteiger partial charge in [0.1, 0.15) is 29.0 Å². The molecule has 0 amide bonds. The first-order valence-corrected chi connectivity index (χ1v) is 27.5. The summed E-state index contributed by atoms with van der Waals surface area (Å²) in [6, 6.07) is 83.0. The Balaban J connectivity index is 1.08. The van der Waals surface area contributed by atoms with E-state index in [0.29, 0.717) is 11.5 Å². The third-order valence-corrected chi connectivity index (χ3v) is 15.5. The number of halogens is 2. The minimum Gasteiger partial charge on any atom is -0.457 e. The van der Waals surface area contributed by atoms with Crippen LogP contribution in [0.4, 0.5) is 31.5 Å². The number of rotatable bonds is 10. The summed E-state index contributed by atoms with van der Waals surface area (Å²) in [6.07, 6.45) is 1.90. The van der Waals surface area contributed by atoms with E-state index in [1.54, 1.807) is 0 Å². The highest BCUT2D eigenvalue weighted by Crippen LogP contribution is 2.49. The lowest BCUT2D eigenvalue weighted by Gasteiger charge is -2.22. The molecule has 13 rings (SSSR count). The van der Waals surface area contributed by atoms with Gasteiger partial charge in [0, 0.05) is 41.2 Å². The summed E-state index contributed by atoms with van der Waals surface area (Å²) >= 11 is 0. The fraction of sp³-hybridized carbons (Fsp3) is 0.108. The minimum atomic E-state index is -0.325. The molecule has 0 fully saturated rings. The summed E-state index contributed by atoms with van der Waals surface area (Å²) in [5.41, 5.74) is 17.0. The van der Waals surface area contributed by atoms with Crippen LogP contribution in [0.2, 0.25) is 0 Å². The number of pyridine rings is 1. The van der Waals surface area contributed by atoms with Crippen molar-refractivity contribution in [3.8, 4) is 73.0 Å². The number of fused-ring (bicyclic) bond motifs is 4. The second-order valence-corrected chi connectivity index (χ2v) is 22.9. The number of aromatic nitrogens is 2. The second-order valence-electron chi connectivity index (χ2n) is 22.9. The fourth-order valence-electron chi connectivity index (χ4n) is 11.3. The Morgan fingerprint density at radius 2 is 0.963 bits per heavy atom. The lowest BCUT2D eigenvalue weighted by molar-refractivity contribution is 0.483. The van der Waals surface area contributed by atoms with Gasteiger partial charge >= 0.3 is 6.01 Å². The Bertz CT molecular complexity index is 4360. The van der Waals surface area contributed by atoms with Crippen molar-refractivity contribution in [3.63, 3.8) is 0 Å². The zero-order valence-electron chi connectivity index (χ0n) is 46.0. The summed E-state index contributed by atoms with van der Waals surface area (Å²) in [4.78, 5) is 4.97. The van der Waals surface area contributed by atoms with Crippen LogP contribution in [0.15, 0.2) is 243 Å². The predicted molar refractivity (Wildman–Crippen MR) is 330 cm³/mol. The molecule has 10 aromatic carbocycles. The van der Waals surface area contributed by atoms with Crippen molar-refractivity contribution in [3.05, 3.63) is 266 Å². The molecule has 1 aliphatic rings. The molecule has 7 heteroatoms. The van der Waals surface area contributed by atoms with Crippen molar-refractivity contribution in [2.75, 3.05) is 0 Å². The Morgan fingerprint density at radius 1 is 0.420 bits per heavy atom. The van der Waals surface area contributed by atoms with Gasteiger partial charge in [-0.3, -0.25) is 4.57 Å². The van der Waals surface area contributed by atoms with Crippen molar-refractivity contribution in [2.24, 2.45) is 0 Å². The van der Waals surface area contributed by atoms with Gasteiger partial charge in [0.2, 0.25) is 11.4 Å².